The van der Waals surface area contributed by atoms with Gasteiger partial charge < -0.3 is 5.11 Å². The second-order valence-corrected chi connectivity index (χ2v) is 3.05. The standard InChI is InChI=1S/C9H6ClNO2/c10-7-2-1-3-8-6(7)4-5-11(8)9(12)13/h1-5H,(H,12,13). The summed E-state index contributed by atoms with van der Waals surface area (Å²) in [5.74, 6) is 0. The highest BCUT2D eigenvalue weighted by molar-refractivity contribution is 6.35. The van der Waals surface area contributed by atoms with Crippen molar-refractivity contribution in [1.29, 1.82) is 0 Å². The Labute approximate surface area is 79.2 Å². The van der Waals surface area contributed by atoms with Crippen LogP contribution in [0.3, 0.4) is 0 Å². The van der Waals surface area contributed by atoms with E-state index in [4.69, 9.17) is 16.7 Å². The number of hydrogen-bond donors (Lipinski definition) is 1. The van der Waals surface area contributed by atoms with Crippen molar-refractivity contribution in [3.63, 3.8) is 0 Å². The van der Waals surface area contributed by atoms with Gasteiger partial charge in [0.1, 0.15) is 0 Å². The molecule has 1 N–H and O–H groups in total. The number of halogens is 1. The molecular weight excluding hydrogens is 190 g/mol. The molecule has 0 spiro atoms. The van der Waals surface area contributed by atoms with Gasteiger partial charge in [0, 0.05) is 16.6 Å². The molecule has 0 bridgehead atoms. The lowest BCUT2D eigenvalue weighted by Crippen LogP contribution is -2.05. The molecule has 66 valence electrons. The topological polar surface area (TPSA) is 42.2 Å². The molecule has 0 aliphatic rings. The van der Waals surface area contributed by atoms with Crippen molar-refractivity contribution in [3.8, 4) is 0 Å². The summed E-state index contributed by atoms with van der Waals surface area (Å²) in [6, 6.07) is 6.86. The van der Waals surface area contributed by atoms with Crippen LogP contribution in [0.5, 0.6) is 0 Å². The van der Waals surface area contributed by atoms with E-state index in [1.54, 1.807) is 24.3 Å². The molecule has 2 aromatic rings. The molecular formula is C9H6ClNO2. The first-order valence-electron chi connectivity index (χ1n) is 3.69. The third kappa shape index (κ3) is 1.17. The maximum Gasteiger partial charge on any atom is 0.416 e. The Hall–Kier alpha value is -1.48. The van der Waals surface area contributed by atoms with Crippen molar-refractivity contribution < 1.29 is 9.90 Å². The number of nitrogens with zero attached hydrogens (tertiary/aromatic N) is 1. The Kier molecular flexibility index (Phi) is 1.74. The van der Waals surface area contributed by atoms with Gasteiger partial charge in [0.25, 0.3) is 0 Å². The normalized spacial score (nSPS) is 10.5. The minimum Gasteiger partial charge on any atom is -0.464 e. The van der Waals surface area contributed by atoms with Crippen molar-refractivity contribution in [2.75, 3.05) is 0 Å². The number of fused-ring (bicyclic) bond motifs is 1. The zero-order valence-corrected chi connectivity index (χ0v) is 7.32. The fourth-order valence-electron chi connectivity index (χ4n) is 1.30. The predicted octanol–water partition coefficient (Wildman–Crippen LogP) is 2.82. The van der Waals surface area contributed by atoms with E-state index in [0.717, 1.165) is 9.95 Å². The van der Waals surface area contributed by atoms with Gasteiger partial charge in [0.15, 0.2) is 0 Å². The van der Waals surface area contributed by atoms with Crippen LogP contribution >= 0.6 is 11.6 Å². The van der Waals surface area contributed by atoms with Crippen molar-refractivity contribution in [3.05, 3.63) is 35.5 Å². The average molecular weight is 196 g/mol. The summed E-state index contributed by atoms with van der Waals surface area (Å²) in [6.07, 6.45) is 0.482. The number of hydrogen-bond acceptors (Lipinski definition) is 1. The number of aromatic nitrogens is 1. The Morgan fingerprint density at radius 2 is 2.15 bits per heavy atom. The lowest BCUT2D eigenvalue weighted by Gasteiger charge is -1.97. The molecule has 1 aromatic carbocycles. The summed E-state index contributed by atoms with van der Waals surface area (Å²) in [5.41, 5.74) is 0.611. The SMILES string of the molecule is O=C(O)n1ccc2c(Cl)cccc21. The van der Waals surface area contributed by atoms with Crippen LogP contribution in [0.2, 0.25) is 5.02 Å². The van der Waals surface area contributed by atoms with Gasteiger partial charge in [-0.15, -0.1) is 0 Å². The fourth-order valence-corrected chi connectivity index (χ4v) is 1.53. The summed E-state index contributed by atoms with van der Waals surface area (Å²) in [7, 11) is 0. The molecule has 0 saturated heterocycles. The van der Waals surface area contributed by atoms with Crippen molar-refractivity contribution >= 4 is 28.6 Å². The van der Waals surface area contributed by atoms with Crippen LogP contribution in [0, 0.1) is 0 Å². The second-order valence-electron chi connectivity index (χ2n) is 2.64. The highest BCUT2D eigenvalue weighted by Gasteiger charge is 2.07. The molecule has 1 heterocycles. The third-order valence-corrected chi connectivity index (χ3v) is 2.22. The molecule has 1 aromatic heterocycles. The van der Waals surface area contributed by atoms with Crippen LogP contribution in [-0.4, -0.2) is 15.8 Å². The molecule has 0 aliphatic heterocycles. The maximum absolute atomic E-state index is 10.7. The van der Waals surface area contributed by atoms with E-state index >= 15 is 0 Å². The van der Waals surface area contributed by atoms with Gasteiger partial charge in [0.2, 0.25) is 0 Å². The van der Waals surface area contributed by atoms with E-state index in [-0.39, 0.29) is 0 Å². The molecule has 2 rings (SSSR count). The molecule has 4 heteroatoms. The van der Waals surface area contributed by atoms with Crippen LogP contribution in [0.4, 0.5) is 4.79 Å². The van der Waals surface area contributed by atoms with E-state index < -0.39 is 6.09 Å². The quantitative estimate of drug-likeness (QED) is 0.703. The van der Waals surface area contributed by atoms with Crippen LogP contribution in [-0.2, 0) is 0 Å². The van der Waals surface area contributed by atoms with Crippen molar-refractivity contribution in [1.82, 2.24) is 4.57 Å². The Morgan fingerprint density at radius 1 is 1.38 bits per heavy atom. The Morgan fingerprint density at radius 3 is 2.85 bits per heavy atom. The van der Waals surface area contributed by atoms with Gasteiger partial charge in [-0.3, -0.25) is 4.57 Å². The van der Waals surface area contributed by atoms with Gasteiger partial charge in [-0.25, -0.2) is 4.79 Å². The second kappa shape index (κ2) is 2.78. The van der Waals surface area contributed by atoms with Gasteiger partial charge in [0.05, 0.1) is 5.52 Å². The van der Waals surface area contributed by atoms with Gasteiger partial charge in [-0.2, -0.15) is 0 Å². The smallest absolute Gasteiger partial charge is 0.416 e. The number of carboxylic acid groups (broad SMARTS) is 1. The van der Waals surface area contributed by atoms with Gasteiger partial charge in [-0.05, 0) is 18.2 Å². The summed E-state index contributed by atoms with van der Waals surface area (Å²) in [6.45, 7) is 0. The van der Waals surface area contributed by atoms with E-state index in [1.807, 2.05) is 0 Å². The van der Waals surface area contributed by atoms with Crippen molar-refractivity contribution in [2.45, 2.75) is 0 Å². The first-order valence-corrected chi connectivity index (χ1v) is 4.07. The first kappa shape index (κ1) is 8.13. The minimum atomic E-state index is -1.00. The zero-order chi connectivity index (χ0) is 9.42. The zero-order valence-electron chi connectivity index (χ0n) is 6.57. The maximum atomic E-state index is 10.7. The van der Waals surface area contributed by atoms with E-state index in [2.05, 4.69) is 0 Å². The summed E-state index contributed by atoms with van der Waals surface area (Å²) >= 11 is 5.87. The summed E-state index contributed by atoms with van der Waals surface area (Å²) < 4.78 is 1.14. The highest BCUT2D eigenvalue weighted by atomic mass is 35.5. The third-order valence-electron chi connectivity index (χ3n) is 1.89. The van der Waals surface area contributed by atoms with E-state index in [9.17, 15) is 4.79 Å². The number of rotatable bonds is 0. The molecule has 0 amide bonds. The molecule has 0 saturated carbocycles. The molecule has 3 nitrogen and oxygen atoms in total. The van der Waals surface area contributed by atoms with Crippen LogP contribution in [0.1, 0.15) is 0 Å². The minimum absolute atomic E-state index is 0.567. The highest BCUT2D eigenvalue weighted by Crippen LogP contribution is 2.23. The lowest BCUT2D eigenvalue weighted by molar-refractivity contribution is 0.197. The molecule has 0 fully saturated rings. The monoisotopic (exact) mass is 195 g/mol. The number of carbonyl (C=O) groups is 1. The number of benzene rings is 1. The van der Waals surface area contributed by atoms with Crippen LogP contribution < -0.4 is 0 Å². The molecule has 0 aliphatic carbocycles. The summed E-state index contributed by atoms with van der Waals surface area (Å²) in [4.78, 5) is 10.7. The van der Waals surface area contributed by atoms with Gasteiger partial charge in [-0.1, -0.05) is 17.7 Å². The largest absolute Gasteiger partial charge is 0.464 e. The molecule has 0 radical (unpaired) electrons. The van der Waals surface area contributed by atoms with E-state index in [0.29, 0.717) is 10.5 Å². The fraction of sp³-hybridized carbons (Fsp3) is 0. The van der Waals surface area contributed by atoms with Crippen LogP contribution in [0.15, 0.2) is 30.5 Å². The van der Waals surface area contributed by atoms with E-state index in [1.165, 1.54) is 6.20 Å². The molecule has 0 unspecified atom stereocenters. The lowest BCUT2D eigenvalue weighted by atomic mass is 10.2. The van der Waals surface area contributed by atoms with Crippen molar-refractivity contribution in [2.24, 2.45) is 0 Å². The van der Waals surface area contributed by atoms with Gasteiger partial charge >= 0.3 is 6.09 Å². The first-order chi connectivity index (χ1) is 6.20. The van der Waals surface area contributed by atoms with Crippen LogP contribution in [0.25, 0.3) is 10.9 Å². The predicted molar refractivity (Wildman–Crippen MR) is 50.4 cm³/mol. The molecule has 0 atom stereocenters. The Balaban J connectivity index is 2.83. The molecule has 13 heavy (non-hydrogen) atoms. The summed E-state index contributed by atoms with van der Waals surface area (Å²) in [5, 5.41) is 10.1. The average Bonchev–Trinajstić information content (AvgIpc) is 2.48. The Bertz CT molecular complexity index is 475.